The molecule has 0 spiro atoms. The molecule has 2 aromatic carbocycles. The molecule has 3 aromatic rings. The summed E-state index contributed by atoms with van der Waals surface area (Å²) in [6, 6.07) is 10.2. The van der Waals surface area contributed by atoms with Crippen molar-refractivity contribution in [2.45, 2.75) is 17.2 Å². The van der Waals surface area contributed by atoms with Gasteiger partial charge in [0.25, 0.3) is 0 Å². The number of methoxy groups -OCH3 is 3. The lowest BCUT2D eigenvalue weighted by molar-refractivity contribution is 0.344. The molecule has 0 amide bonds. The predicted molar refractivity (Wildman–Crippen MR) is 122 cm³/mol. The van der Waals surface area contributed by atoms with Crippen LogP contribution in [0.1, 0.15) is 16.8 Å². The molecule has 0 N–H and O–H groups in total. The number of hydrogen-bond acceptors (Lipinski definition) is 8. The number of aryl methyl sites for hydroxylation is 1. The average molecular weight is 477 g/mol. The van der Waals surface area contributed by atoms with Gasteiger partial charge in [-0.1, -0.05) is 12.1 Å². The minimum absolute atomic E-state index is 0.216. The van der Waals surface area contributed by atoms with E-state index in [4.69, 9.17) is 18.6 Å². The Bertz CT molecular complexity index is 1210. The number of sulfonamides is 1. The molecule has 0 bridgehead atoms. The van der Waals surface area contributed by atoms with E-state index in [0.717, 1.165) is 5.56 Å². The molecule has 1 fully saturated rings. The molecule has 1 aliphatic rings. The fraction of sp³-hybridized carbons (Fsp3) is 0.318. The van der Waals surface area contributed by atoms with Crippen LogP contribution in [0.4, 0.5) is 0 Å². The van der Waals surface area contributed by atoms with Crippen molar-refractivity contribution >= 4 is 21.8 Å². The quantitative estimate of drug-likeness (QED) is 0.503. The van der Waals surface area contributed by atoms with Gasteiger partial charge in [-0.15, -0.1) is 11.8 Å². The average Bonchev–Trinajstić information content (AvgIpc) is 3.48. The number of hydrogen-bond donors (Lipinski definition) is 0. The summed E-state index contributed by atoms with van der Waals surface area (Å²) in [7, 11) is 0.888. The van der Waals surface area contributed by atoms with Crippen molar-refractivity contribution in [1.82, 2.24) is 9.29 Å². The van der Waals surface area contributed by atoms with Gasteiger partial charge in [0, 0.05) is 36.4 Å². The fourth-order valence-electron chi connectivity index (χ4n) is 3.62. The largest absolute Gasteiger partial charge is 0.496 e. The number of nitrogens with zero attached hydrogens (tertiary/aromatic N) is 2. The van der Waals surface area contributed by atoms with Crippen molar-refractivity contribution in [2.24, 2.45) is 0 Å². The number of benzene rings is 2. The van der Waals surface area contributed by atoms with Crippen LogP contribution < -0.4 is 14.2 Å². The zero-order chi connectivity index (χ0) is 22.9. The van der Waals surface area contributed by atoms with E-state index in [2.05, 4.69) is 4.98 Å². The maximum Gasteiger partial charge on any atom is 0.244 e. The molecule has 1 aliphatic heterocycles. The summed E-state index contributed by atoms with van der Waals surface area (Å²) in [6.45, 7) is 2.15. The van der Waals surface area contributed by atoms with E-state index >= 15 is 0 Å². The predicted octanol–water partition coefficient (Wildman–Crippen LogP) is 4.11. The molecule has 1 saturated heterocycles. The van der Waals surface area contributed by atoms with E-state index in [1.165, 1.54) is 16.1 Å². The van der Waals surface area contributed by atoms with E-state index in [9.17, 15) is 8.42 Å². The van der Waals surface area contributed by atoms with Crippen LogP contribution in [0.3, 0.4) is 0 Å². The third kappa shape index (κ3) is 4.05. The lowest BCUT2D eigenvalue weighted by atomic mass is 10.1. The lowest BCUT2D eigenvalue weighted by Gasteiger charge is -2.25. The van der Waals surface area contributed by atoms with Crippen LogP contribution in [0, 0.1) is 6.92 Å². The molecule has 170 valence electrons. The molecule has 1 atom stereocenters. The SMILES string of the molecule is COc1cc(OC)c(C2SCCN2S(=O)(=O)c2ccc(-c3coc(C)n3)cc2)cc1OC. The highest BCUT2D eigenvalue weighted by Gasteiger charge is 2.38. The zero-order valence-corrected chi connectivity index (χ0v) is 19.8. The second-order valence-electron chi connectivity index (χ2n) is 7.06. The molecule has 0 saturated carbocycles. The Labute approximate surface area is 191 Å². The first-order valence-corrected chi connectivity index (χ1v) is 12.3. The Morgan fingerprint density at radius 2 is 1.69 bits per heavy atom. The van der Waals surface area contributed by atoms with Crippen molar-refractivity contribution in [3.63, 3.8) is 0 Å². The van der Waals surface area contributed by atoms with Crippen LogP contribution >= 0.6 is 11.8 Å². The van der Waals surface area contributed by atoms with Gasteiger partial charge >= 0.3 is 0 Å². The Kier molecular flexibility index (Phi) is 6.36. The molecule has 8 nitrogen and oxygen atoms in total. The molecule has 0 radical (unpaired) electrons. The minimum Gasteiger partial charge on any atom is -0.496 e. The molecule has 10 heteroatoms. The Balaban J connectivity index is 1.68. The molecular formula is C22H24N2O6S2. The van der Waals surface area contributed by atoms with Crippen molar-refractivity contribution in [3.05, 3.63) is 54.1 Å². The van der Waals surface area contributed by atoms with Gasteiger partial charge in [-0.3, -0.25) is 0 Å². The molecule has 0 aliphatic carbocycles. The number of thioether (sulfide) groups is 1. The van der Waals surface area contributed by atoms with Gasteiger partial charge in [-0.05, 0) is 18.2 Å². The van der Waals surface area contributed by atoms with E-state index in [1.807, 2.05) is 0 Å². The Hall–Kier alpha value is -2.69. The van der Waals surface area contributed by atoms with E-state index in [-0.39, 0.29) is 4.90 Å². The number of oxazole rings is 1. The topological polar surface area (TPSA) is 91.1 Å². The van der Waals surface area contributed by atoms with Crippen molar-refractivity contribution in [3.8, 4) is 28.5 Å². The summed E-state index contributed by atoms with van der Waals surface area (Å²) in [5, 5.41) is -0.451. The number of aromatic nitrogens is 1. The maximum absolute atomic E-state index is 13.5. The van der Waals surface area contributed by atoms with Crippen LogP contribution in [-0.2, 0) is 10.0 Å². The fourth-order valence-corrected chi connectivity index (χ4v) is 6.87. The van der Waals surface area contributed by atoms with E-state index in [0.29, 0.717) is 46.7 Å². The van der Waals surface area contributed by atoms with Crippen LogP contribution in [0.2, 0.25) is 0 Å². The highest BCUT2D eigenvalue weighted by Crippen LogP contribution is 2.47. The number of rotatable bonds is 7. The molecule has 1 unspecified atom stereocenters. The molecule has 2 heterocycles. The molecular weight excluding hydrogens is 452 g/mol. The number of ether oxygens (including phenoxy) is 3. The third-order valence-corrected chi connectivity index (χ3v) is 8.48. The Morgan fingerprint density at radius 3 is 2.28 bits per heavy atom. The normalized spacial score (nSPS) is 16.8. The van der Waals surface area contributed by atoms with Gasteiger partial charge in [-0.25, -0.2) is 13.4 Å². The van der Waals surface area contributed by atoms with Crippen LogP contribution in [0.25, 0.3) is 11.3 Å². The first-order valence-electron chi connectivity index (χ1n) is 9.85. The highest BCUT2D eigenvalue weighted by molar-refractivity contribution is 8.01. The summed E-state index contributed by atoms with van der Waals surface area (Å²) in [5.41, 5.74) is 2.16. The second-order valence-corrected chi connectivity index (χ2v) is 10.1. The molecule has 1 aromatic heterocycles. The maximum atomic E-state index is 13.5. The smallest absolute Gasteiger partial charge is 0.244 e. The lowest BCUT2D eigenvalue weighted by Crippen LogP contribution is -2.30. The summed E-state index contributed by atoms with van der Waals surface area (Å²) >= 11 is 1.54. The zero-order valence-electron chi connectivity index (χ0n) is 18.2. The van der Waals surface area contributed by atoms with Crippen molar-refractivity contribution in [2.75, 3.05) is 33.6 Å². The first-order chi connectivity index (χ1) is 15.4. The van der Waals surface area contributed by atoms with Gasteiger partial charge in [0.15, 0.2) is 17.4 Å². The van der Waals surface area contributed by atoms with Gasteiger partial charge in [0.05, 0.1) is 31.6 Å². The molecule has 32 heavy (non-hydrogen) atoms. The van der Waals surface area contributed by atoms with Crippen LogP contribution in [0.15, 0.2) is 52.0 Å². The van der Waals surface area contributed by atoms with Crippen LogP contribution in [0.5, 0.6) is 17.2 Å². The summed E-state index contributed by atoms with van der Waals surface area (Å²) in [6.07, 6.45) is 1.55. The van der Waals surface area contributed by atoms with Crippen molar-refractivity contribution < 1.29 is 27.0 Å². The standard InChI is InChI=1S/C22H24N2O6S2/c1-14-23-18(13-30-14)15-5-7-16(8-6-15)32(25,26)24-9-10-31-22(24)17-11-20(28-3)21(29-4)12-19(17)27-2/h5-8,11-13,22H,9-10H2,1-4H3. The van der Waals surface area contributed by atoms with E-state index in [1.54, 1.807) is 70.9 Å². The third-order valence-electron chi connectivity index (χ3n) is 5.23. The van der Waals surface area contributed by atoms with Gasteiger partial charge in [0.2, 0.25) is 10.0 Å². The minimum atomic E-state index is -3.75. The van der Waals surface area contributed by atoms with E-state index < -0.39 is 15.4 Å². The monoisotopic (exact) mass is 476 g/mol. The Morgan fingerprint density at radius 1 is 1.03 bits per heavy atom. The van der Waals surface area contributed by atoms with Crippen LogP contribution in [-0.4, -0.2) is 51.3 Å². The first kappa shape index (κ1) is 22.5. The van der Waals surface area contributed by atoms with Crippen molar-refractivity contribution in [1.29, 1.82) is 0 Å². The van der Waals surface area contributed by atoms with Gasteiger partial charge in [0.1, 0.15) is 17.7 Å². The van der Waals surface area contributed by atoms with Gasteiger partial charge in [-0.2, -0.15) is 4.31 Å². The highest BCUT2D eigenvalue weighted by atomic mass is 32.2. The van der Waals surface area contributed by atoms with Gasteiger partial charge < -0.3 is 18.6 Å². The summed E-state index contributed by atoms with van der Waals surface area (Å²) < 4.78 is 50.1. The summed E-state index contributed by atoms with van der Waals surface area (Å²) in [5.74, 6) is 2.79. The second kappa shape index (κ2) is 9.05. The summed E-state index contributed by atoms with van der Waals surface area (Å²) in [4.78, 5) is 4.50. The molecule has 4 rings (SSSR count).